The van der Waals surface area contributed by atoms with Crippen LogP contribution in [0, 0.1) is 32.6 Å². The quantitative estimate of drug-likeness (QED) is 0.190. The highest BCUT2D eigenvalue weighted by Crippen LogP contribution is 2.48. The van der Waals surface area contributed by atoms with Crippen LogP contribution in [0.1, 0.15) is 92.8 Å². The summed E-state index contributed by atoms with van der Waals surface area (Å²) in [5.74, 6) is 5.31. The van der Waals surface area contributed by atoms with E-state index in [1.165, 1.54) is 41.7 Å². The first kappa shape index (κ1) is 28.9. The lowest BCUT2D eigenvalue weighted by Crippen LogP contribution is -2.39. The van der Waals surface area contributed by atoms with Crippen LogP contribution in [0.15, 0.2) is 58.3 Å². The van der Waals surface area contributed by atoms with Crippen molar-refractivity contribution in [3.8, 4) is 5.00 Å². The second kappa shape index (κ2) is 11.7. The molecule has 4 aromatic heterocycles. The lowest BCUT2D eigenvalue weighted by Gasteiger charge is -2.44. The van der Waals surface area contributed by atoms with Gasteiger partial charge in [-0.1, -0.05) is 24.3 Å². The lowest BCUT2D eigenvalue weighted by atomic mass is 9.64. The summed E-state index contributed by atoms with van der Waals surface area (Å²) in [6, 6.07) is 12.5. The van der Waals surface area contributed by atoms with Crippen LogP contribution < -0.4 is 4.90 Å². The molecule has 1 saturated heterocycles. The van der Waals surface area contributed by atoms with Crippen molar-refractivity contribution < 1.29 is 9.21 Å². The number of carbonyl (C=O) groups excluding carboxylic acids is 1. The zero-order valence-corrected chi connectivity index (χ0v) is 27.1. The molecule has 2 fully saturated rings. The number of piperidine rings is 1. The summed E-state index contributed by atoms with van der Waals surface area (Å²) in [4.78, 5) is 24.2. The van der Waals surface area contributed by atoms with Crippen molar-refractivity contribution in [2.24, 2.45) is 16.8 Å². The summed E-state index contributed by atoms with van der Waals surface area (Å²) in [7, 11) is 0. The van der Waals surface area contributed by atoms with Crippen molar-refractivity contribution in [3.05, 3.63) is 99.2 Å². The topological polar surface area (TPSA) is 115 Å². The van der Waals surface area contributed by atoms with Gasteiger partial charge in [0, 0.05) is 29.1 Å². The maximum Gasteiger partial charge on any atom is 0.196 e. The molecule has 6 heterocycles. The number of benzene rings is 1. The predicted octanol–water partition coefficient (Wildman–Crippen LogP) is 6.39. The largest absolute Gasteiger partial charge is 0.449 e. The monoisotopic (exact) mass is 632 g/mol. The number of hydrogen-bond acceptors (Lipinski definition) is 10. The molecule has 1 atom stereocenters. The summed E-state index contributed by atoms with van der Waals surface area (Å²) in [5, 5.41) is 18.4. The molecule has 10 nitrogen and oxygen atoms in total. The molecule has 234 valence electrons. The van der Waals surface area contributed by atoms with Gasteiger partial charge < -0.3 is 9.32 Å². The van der Waals surface area contributed by atoms with Crippen LogP contribution >= 0.6 is 11.3 Å². The van der Waals surface area contributed by atoms with Crippen molar-refractivity contribution in [1.29, 1.82) is 0 Å². The second-order valence-corrected chi connectivity index (χ2v) is 14.0. The van der Waals surface area contributed by atoms with Gasteiger partial charge in [-0.25, -0.2) is 4.98 Å². The number of hydrogen-bond donors (Lipinski definition) is 0. The van der Waals surface area contributed by atoms with Crippen molar-refractivity contribution >= 4 is 29.2 Å². The van der Waals surface area contributed by atoms with E-state index < -0.39 is 0 Å². The van der Waals surface area contributed by atoms with Gasteiger partial charge in [0.2, 0.25) is 0 Å². The summed E-state index contributed by atoms with van der Waals surface area (Å²) in [6.45, 7) is 8.36. The fourth-order valence-corrected chi connectivity index (χ4v) is 8.66. The number of aryl methyl sites for hydroxylation is 2. The van der Waals surface area contributed by atoms with Gasteiger partial charge in [-0.2, -0.15) is 0 Å². The molecule has 0 amide bonds. The van der Waals surface area contributed by atoms with Crippen LogP contribution in [0.4, 0.5) is 5.82 Å². The van der Waals surface area contributed by atoms with Crippen LogP contribution in [0.3, 0.4) is 0 Å². The van der Waals surface area contributed by atoms with Crippen LogP contribution in [0.2, 0.25) is 0 Å². The number of carbonyl (C=O) groups is 1. The first-order valence-corrected chi connectivity index (χ1v) is 16.9. The molecule has 0 N–H and O–H groups in total. The van der Waals surface area contributed by atoms with E-state index in [1.54, 1.807) is 29.9 Å². The first-order chi connectivity index (χ1) is 22.5. The number of oxazole rings is 1. The van der Waals surface area contributed by atoms with Crippen molar-refractivity contribution in [3.63, 3.8) is 0 Å². The molecule has 11 heteroatoms. The number of aromatic nitrogens is 6. The number of anilines is 1. The van der Waals surface area contributed by atoms with E-state index in [4.69, 9.17) is 9.41 Å². The van der Waals surface area contributed by atoms with Crippen LogP contribution in [-0.2, 0) is 6.42 Å². The summed E-state index contributed by atoms with van der Waals surface area (Å²) < 4.78 is 7.81. The molecule has 5 aromatic rings. The Bertz CT molecular complexity index is 1890. The zero-order chi connectivity index (χ0) is 31.4. The van der Waals surface area contributed by atoms with Gasteiger partial charge in [0.1, 0.15) is 28.8 Å². The standard InChI is InChI=1S/C35H36N8O2S/c1-20-21(2)46-35-32(20)33(37-29(18-31-36-12-15-45-31)34-41-38-22(3)43(34)35)25-6-4-23(5-7-25)26-16-27(17-26)24-10-13-42(14-11-24)30-9-8-28(19-44)39-40-30/h4-9,12,15,19,24,26-27,29H,10-11,13-14,16-18H2,1-3H3. The molecule has 0 radical (unpaired) electrons. The van der Waals surface area contributed by atoms with Crippen molar-refractivity contribution in [2.45, 2.75) is 64.8 Å². The summed E-state index contributed by atoms with van der Waals surface area (Å²) in [5.41, 5.74) is 6.32. The Morgan fingerprint density at radius 2 is 1.76 bits per heavy atom. The van der Waals surface area contributed by atoms with Gasteiger partial charge in [-0.05, 0) is 87.5 Å². The minimum Gasteiger partial charge on any atom is -0.449 e. The van der Waals surface area contributed by atoms with Crippen molar-refractivity contribution in [2.75, 3.05) is 18.0 Å². The average molecular weight is 633 g/mol. The Labute approximate surface area is 271 Å². The van der Waals surface area contributed by atoms with E-state index in [2.05, 4.69) is 73.0 Å². The Hall–Kier alpha value is -4.51. The van der Waals surface area contributed by atoms with E-state index in [0.717, 1.165) is 70.5 Å². The molecule has 46 heavy (non-hydrogen) atoms. The van der Waals surface area contributed by atoms with Gasteiger partial charge in [0.15, 0.2) is 23.8 Å². The minimum atomic E-state index is -0.268. The van der Waals surface area contributed by atoms with Crippen LogP contribution in [0.25, 0.3) is 5.00 Å². The van der Waals surface area contributed by atoms with Crippen LogP contribution in [0.5, 0.6) is 0 Å². The normalized spacial score (nSPS) is 21.2. The Kier molecular flexibility index (Phi) is 7.35. The molecule has 0 bridgehead atoms. The molecule has 1 aromatic carbocycles. The Morgan fingerprint density at radius 3 is 2.46 bits per heavy atom. The van der Waals surface area contributed by atoms with Crippen LogP contribution in [-0.4, -0.2) is 55.0 Å². The highest BCUT2D eigenvalue weighted by molar-refractivity contribution is 7.15. The maximum absolute atomic E-state index is 10.9. The molecule has 8 rings (SSSR count). The predicted molar refractivity (Wildman–Crippen MR) is 176 cm³/mol. The van der Waals surface area contributed by atoms with Gasteiger partial charge in [-0.3, -0.25) is 14.4 Å². The van der Waals surface area contributed by atoms with Gasteiger partial charge in [0.05, 0.1) is 18.3 Å². The van der Waals surface area contributed by atoms with E-state index in [-0.39, 0.29) is 6.04 Å². The highest BCUT2D eigenvalue weighted by atomic mass is 32.1. The molecule has 1 saturated carbocycles. The lowest BCUT2D eigenvalue weighted by molar-refractivity contribution is 0.111. The van der Waals surface area contributed by atoms with Crippen molar-refractivity contribution in [1.82, 2.24) is 29.9 Å². The van der Waals surface area contributed by atoms with E-state index >= 15 is 0 Å². The number of aldehydes is 1. The highest BCUT2D eigenvalue weighted by Gasteiger charge is 2.38. The molecule has 3 aliphatic rings. The maximum atomic E-state index is 10.9. The molecular formula is C35H36N8O2S. The molecule has 1 aliphatic carbocycles. The Morgan fingerprint density at radius 1 is 0.957 bits per heavy atom. The summed E-state index contributed by atoms with van der Waals surface area (Å²) >= 11 is 1.78. The minimum absolute atomic E-state index is 0.268. The first-order valence-electron chi connectivity index (χ1n) is 16.1. The summed E-state index contributed by atoms with van der Waals surface area (Å²) in [6.07, 6.45) is 9.39. The number of fused-ring (bicyclic) bond motifs is 3. The zero-order valence-electron chi connectivity index (χ0n) is 26.3. The SMILES string of the molecule is Cc1sc2c(c1C)C(c1ccc(C3CC(C4CCN(c5ccc(C=O)nn5)CC4)C3)cc1)=NC(Cc1ncco1)c1nnc(C)n1-2. The number of aliphatic imine (C=N–C) groups is 1. The fraction of sp³-hybridized carbons (Fsp3) is 0.400. The second-order valence-electron chi connectivity index (χ2n) is 12.8. The number of thiophene rings is 1. The molecule has 0 spiro atoms. The third kappa shape index (κ3) is 5.06. The molecular weight excluding hydrogens is 597 g/mol. The van der Waals surface area contributed by atoms with E-state index in [1.807, 2.05) is 13.0 Å². The number of nitrogens with zero attached hydrogens (tertiary/aromatic N) is 8. The third-order valence-electron chi connectivity index (χ3n) is 10.2. The van der Waals surface area contributed by atoms with Gasteiger partial charge >= 0.3 is 0 Å². The fourth-order valence-electron chi connectivity index (χ4n) is 7.44. The smallest absolute Gasteiger partial charge is 0.196 e. The number of rotatable bonds is 7. The van der Waals surface area contributed by atoms with Gasteiger partial charge in [-0.15, -0.1) is 31.7 Å². The molecule has 1 unspecified atom stereocenters. The van der Waals surface area contributed by atoms with E-state index in [0.29, 0.717) is 23.9 Å². The Balaban J connectivity index is 0.992. The third-order valence-corrected chi connectivity index (χ3v) is 11.4. The average Bonchev–Trinajstić information content (AvgIpc) is 3.77. The van der Waals surface area contributed by atoms with Gasteiger partial charge in [0.25, 0.3) is 0 Å². The molecule has 2 aliphatic heterocycles. The van der Waals surface area contributed by atoms with E-state index in [9.17, 15) is 4.79 Å².